The van der Waals surface area contributed by atoms with Crippen LogP contribution in [0.25, 0.3) is 0 Å². The van der Waals surface area contributed by atoms with Gasteiger partial charge in [0, 0.05) is 16.3 Å². The van der Waals surface area contributed by atoms with Crippen LogP contribution in [0.1, 0.15) is 0 Å². The lowest BCUT2D eigenvalue weighted by Gasteiger charge is -2.08. The van der Waals surface area contributed by atoms with E-state index in [2.05, 4.69) is 10.6 Å². The number of hydrogen-bond acceptors (Lipinski definition) is 3. The van der Waals surface area contributed by atoms with E-state index in [-0.39, 0.29) is 11.7 Å². The summed E-state index contributed by atoms with van der Waals surface area (Å²) in [7, 11) is 0. The number of urea groups is 1. The molecule has 3 amide bonds. The van der Waals surface area contributed by atoms with Crippen LogP contribution in [0.3, 0.4) is 0 Å². The third kappa shape index (κ3) is 4.98. The maximum absolute atomic E-state index is 11.9. The Bertz CT molecular complexity index is 694. The van der Waals surface area contributed by atoms with Gasteiger partial charge in [-0.2, -0.15) is 0 Å². The van der Waals surface area contributed by atoms with E-state index in [1.54, 1.807) is 30.3 Å². The number of hydrogen-bond donors (Lipinski definition) is 3. The van der Waals surface area contributed by atoms with E-state index in [1.807, 2.05) is 18.2 Å². The van der Waals surface area contributed by atoms with Crippen molar-refractivity contribution in [3.63, 3.8) is 0 Å². The highest BCUT2D eigenvalue weighted by Gasteiger charge is 2.06. The Morgan fingerprint density at radius 2 is 1.73 bits per heavy atom. The fourth-order valence-corrected chi connectivity index (χ4v) is 2.76. The Morgan fingerprint density at radius 1 is 1.05 bits per heavy atom. The van der Waals surface area contributed by atoms with Crippen LogP contribution < -0.4 is 16.4 Å². The van der Waals surface area contributed by atoms with Gasteiger partial charge in [-0.25, -0.2) is 4.79 Å². The second kappa shape index (κ2) is 7.72. The predicted octanol–water partition coefficient (Wildman–Crippen LogP) is 3.56. The Hall–Kier alpha value is -2.18. The number of thioether (sulfide) groups is 1. The summed E-state index contributed by atoms with van der Waals surface area (Å²) < 4.78 is 0. The predicted molar refractivity (Wildman–Crippen MR) is 90.5 cm³/mol. The van der Waals surface area contributed by atoms with Gasteiger partial charge in [-0.3, -0.25) is 4.79 Å². The molecule has 0 atom stereocenters. The number of anilines is 2. The molecule has 0 heterocycles. The normalized spacial score (nSPS) is 10.0. The van der Waals surface area contributed by atoms with E-state index >= 15 is 0 Å². The summed E-state index contributed by atoms with van der Waals surface area (Å²) in [5.74, 6) is 0.0677. The number of rotatable bonds is 5. The molecule has 2 aromatic rings. The van der Waals surface area contributed by atoms with E-state index in [4.69, 9.17) is 17.3 Å². The van der Waals surface area contributed by atoms with Gasteiger partial charge in [0.2, 0.25) is 5.91 Å². The maximum Gasteiger partial charge on any atom is 0.316 e. The number of benzene rings is 2. The number of amides is 3. The molecule has 0 aromatic heterocycles. The summed E-state index contributed by atoms with van der Waals surface area (Å²) in [5.41, 5.74) is 6.15. The van der Waals surface area contributed by atoms with Gasteiger partial charge in [0.05, 0.1) is 10.8 Å². The van der Waals surface area contributed by atoms with Crippen LogP contribution in [0, 0.1) is 0 Å². The van der Waals surface area contributed by atoms with Crippen molar-refractivity contribution in [2.75, 3.05) is 16.4 Å². The molecule has 0 saturated heterocycles. The average Bonchev–Trinajstić information content (AvgIpc) is 2.46. The summed E-state index contributed by atoms with van der Waals surface area (Å²) in [6.07, 6.45) is 0. The quantitative estimate of drug-likeness (QED) is 0.730. The van der Waals surface area contributed by atoms with Crippen molar-refractivity contribution in [2.24, 2.45) is 5.73 Å². The van der Waals surface area contributed by atoms with Crippen LogP contribution in [0.4, 0.5) is 16.2 Å². The first-order valence-corrected chi connectivity index (χ1v) is 7.74. The van der Waals surface area contributed by atoms with Crippen LogP contribution in [0.5, 0.6) is 0 Å². The molecule has 0 aliphatic carbocycles. The topological polar surface area (TPSA) is 84.2 Å². The largest absolute Gasteiger partial charge is 0.351 e. The molecule has 7 heteroatoms. The van der Waals surface area contributed by atoms with Crippen LogP contribution >= 0.6 is 23.4 Å². The third-order valence-corrected chi connectivity index (χ3v) is 4.12. The van der Waals surface area contributed by atoms with E-state index < -0.39 is 6.03 Å². The molecule has 0 bridgehead atoms. The minimum absolute atomic E-state index is 0.166. The van der Waals surface area contributed by atoms with Crippen molar-refractivity contribution in [1.29, 1.82) is 0 Å². The SMILES string of the molecule is NC(=O)Nc1cccc(NC(=O)CSc2ccccc2Cl)c1. The summed E-state index contributed by atoms with van der Waals surface area (Å²) in [5, 5.41) is 5.82. The molecular weight excluding hydrogens is 322 g/mol. The van der Waals surface area contributed by atoms with Gasteiger partial charge in [-0.1, -0.05) is 29.8 Å². The molecule has 0 fully saturated rings. The fraction of sp³-hybridized carbons (Fsp3) is 0.0667. The second-order valence-corrected chi connectivity index (χ2v) is 5.76. The maximum atomic E-state index is 11.9. The number of nitrogens with two attached hydrogens (primary N) is 1. The van der Waals surface area contributed by atoms with Gasteiger partial charge in [-0.05, 0) is 30.3 Å². The van der Waals surface area contributed by atoms with E-state index in [0.29, 0.717) is 16.4 Å². The highest BCUT2D eigenvalue weighted by atomic mass is 35.5. The number of carbonyl (C=O) groups excluding carboxylic acids is 2. The number of nitrogens with one attached hydrogen (secondary N) is 2. The summed E-state index contributed by atoms with van der Waals surface area (Å²) in [4.78, 5) is 23.6. The molecule has 22 heavy (non-hydrogen) atoms. The Labute approximate surface area is 137 Å². The Balaban J connectivity index is 1.92. The van der Waals surface area contributed by atoms with Crippen molar-refractivity contribution in [2.45, 2.75) is 4.90 Å². The zero-order chi connectivity index (χ0) is 15.9. The number of primary amides is 1. The van der Waals surface area contributed by atoms with Crippen LogP contribution in [-0.2, 0) is 4.79 Å². The first-order valence-electron chi connectivity index (χ1n) is 6.38. The molecule has 2 aromatic carbocycles. The van der Waals surface area contributed by atoms with Gasteiger partial charge < -0.3 is 16.4 Å². The highest BCUT2D eigenvalue weighted by Crippen LogP contribution is 2.26. The zero-order valence-corrected chi connectivity index (χ0v) is 13.1. The van der Waals surface area contributed by atoms with Crippen molar-refractivity contribution in [3.05, 3.63) is 53.6 Å². The molecular formula is C15H14ClN3O2S. The van der Waals surface area contributed by atoms with Gasteiger partial charge in [0.15, 0.2) is 0 Å². The average molecular weight is 336 g/mol. The van der Waals surface area contributed by atoms with Crippen molar-refractivity contribution < 1.29 is 9.59 Å². The zero-order valence-electron chi connectivity index (χ0n) is 11.5. The molecule has 4 N–H and O–H groups in total. The molecule has 5 nitrogen and oxygen atoms in total. The lowest BCUT2D eigenvalue weighted by molar-refractivity contribution is -0.113. The smallest absolute Gasteiger partial charge is 0.316 e. The van der Waals surface area contributed by atoms with Gasteiger partial charge >= 0.3 is 6.03 Å². The van der Waals surface area contributed by atoms with Crippen molar-refractivity contribution in [3.8, 4) is 0 Å². The van der Waals surface area contributed by atoms with Gasteiger partial charge in [0.1, 0.15) is 0 Å². The molecule has 0 spiro atoms. The first-order chi connectivity index (χ1) is 10.5. The molecule has 0 radical (unpaired) electrons. The van der Waals surface area contributed by atoms with Crippen LogP contribution in [0.2, 0.25) is 5.02 Å². The molecule has 0 unspecified atom stereocenters. The highest BCUT2D eigenvalue weighted by molar-refractivity contribution is 8.00. The van der Waals surface area contributed by atoms with Crippen LogP contribution in [0.15, 0.2) is 53.4 Å². The monoisotopic (exact) mass is 335 g/mol. The second-order valence-electron chi connectivity index (χ2n) is 4.34. The first kappa shape index (κ1) is 16.2. The van der Waals surface area contributed by atoms with Crippen molar-refractivity contribution >= 4 is 46.7 Å². The van der Waals surface area contributed by atoms with Crippen LogP contribution in [-0.4, -0.2) is 17.7 Å². The summed E-state index contributed by atoms with van der Waals surface area (Å²) >= 11 is 7.39. The number of halogens is 1. The Kier molecular flexibility index (Phi) is 5.68. The summed E-state index contributed by atoms with van der Waals surface area (Å²) in [6, 6.07) is 13.4. The minimum atomic E-state index is -0.655. The van der Waals surface area contributed by atoms with E-state index in [0.717, 1.165) is 4.90 Å². The van der Waals surface area contributed by atoms with Gasteiger partial charge in [-0.15, -0.1) is 11.8 Å². The molecule has 114 valence electrons. The van der Waals surface area contributed by atoms with Crippen molar-refractivity contribution in [1.82, 2.24) is 0 Å². The molecule has 0 aliphatic rings. The molecule has 0 aliphatic heterocycles. The van der Waals surface area contributed by atoms with Gasteiger partial charge in [0.25, 0.3) is 0 Å². The fourth-order valence-electron chi connectivity index (χ4n) is 1.72. The lowest BCUT2D eigenvalue weighted by atomic mass is 10.3. The minimum Gasteiger partial charge on any atom is -0.351 e. The lowest BCUT2D eigenvalue weighted by Crippen LogP contribution is -2.19. The Morgan fingerprint density at radius 3 is 2.41 bits per heavy atom. The molecule has 0 saturated carbocycles. The van der Waals surface area contributed by atoms with E-state index in [1.165, 1.54) is 11.8 Å². The number of carbonyl (C=O) groups is 2. The van der Waals surface area contributed by atoms with E-state index in [9.17, 15) is 9.59 Å². The standard InChI is InChI=1S/C15H14ClN3O2S/c16-12-6-1-2-7-13(12)22-9-14(20)18-10-4-3-5-11(8-10)19-15(17)21/h1-8H,9H2,(H,18,20)(H3,17,19,21). The summed E-state index contributed by atoms with van der Waals surface area (Å²) in [6.45, 7) is 0. The molecule has 2 rings (SSSR count). The third-order valence-electron chi connectivity index (χ3n) is 2.61.